The molecule has 1 aromatic rings. The summed E-state index contributed by atoms with van der Waals surface area (Å²) in [5, 5.41) is 9.65. The van der Waals surface area contributed by atoms with Crippen LogP contribution in [0.4, 0.5) is 4.39 Å². The van der Waals surface area contributed by atoms with Crippen molar-refractivity contribution in [2.24, 2.45) is 0 Å². The van der Waals surface area contributed by atoms with E-state index in [0.29, 0.717) is 13.2 Å². The van der Waals surface area contributed by atoms with E-state index in [1.807, 2.05) is 0 Å². The monoisotopic (exact) mass is 302 g/mol. The van der Waals surface area contributed by atoms with Crippen LogP contribution < -0.4 is 0 Å². The highest BCUT2D eigenvalue weighted by Gasteiger charge is 2.16. The van der Waals surface area contributed by atoms with Gasteiger partial charge in [-0.3, -0.25) is 4.79 Å². The van der Waals surface area contributed by atoms with Crippen molar-refractivity contribution >= 4 is 17.4 Å². The molecule has 1 N–H and O–H groups in total. The van der Waals surface area contributed by atoms with Crippen LogP contribution in [0.3, 0.4) is 0 Å². The minimum absolute atomic E-state index is 0.157. The molecule has 0 amide bonds. The maximum Gasteiger partial charge on any atom is 0.216 e. The molecular weight excluding hydrogens is 287 g/mol. The highest BCUT2D eigenvalue weighted by atomic mass is 35.5. The summed E-state index contributed by atoms with van der Waals surface area (Å²) in [5.41, 5.74) is 0.162. The Bertz CT molecular complexity index is 496. The Hall–Kier alpha value is -1.43. The van der Waals surface area contributed by atoms with Gasteiger partial charge in [0.15, 0.2) is 11.5 Å². The number of carbonyl (C=O) groups excluding carboxylic acids is 1. The summed E-state index contributed by atoms with van der Waals surface area (Å²) in [7, 11) is 0. The predicted molar refractivity (Wildman–Crippen MR) is 73.5 cm³/mol. The van der Waals surface area contributed by atoms with Gasteiger partial charge in [0.1, 0.15) is 5.82 Å². The molecule has 0 unspecified atom stereocenters. The molecule has 110 valence electrons. The molecule has 0 saturated heterocycles. The van der Waals surface area contributed by atoms with Gasteiger partial charge in [-0.1, -0.05) is 11.6 Å². The minimum atomic E-state index is -0.995. The number of benzene rings is 1. The lowest BCUT2D eigenvalue weighted by molar-refractivity contribution is -0.129. The van der Waals surface area contributed by atoms with Crippen LogP contribution in [0, 0.1) is 5.82 Å². The van der Waals surface area contributed by atoms with E-state index in [1.165, 1.54) is 12.1 Å². The molecule has 20 heavy (non-hydrogen) atoms. The summed E-state index contributed by atoms with van der Waals surface area (Å²) in [6.07, 6.45) is -0.0237. The van der Waals surface area contributed by atoms with Gasteiger partial charge in [0, 0.05) is 24.9 Å². The topological polar surface area (TPSA) is 55.8 Å². The summed E-state index contributed by atoms with van der Waals surface area (Å²) in [6, 6.07) is 3.56. The predicted octanol–water partition coefficient (Wildman–Crippen LogP) is 3.50. The lowest BCUT2D eigenvalue weighted by Crippen LogP contribution is -2.20. The Kier molecular flexibility index (Phi) is 6.64. The largest absolute Gasteiger partial charge is 0.507 e. The normalized spacial score (nSPS) is 11.9. The SMILES string of the molecule is CCOC(OCC)/C(O)=C\C(=O)c1ccc(F)c(Cl)c1. The van der Waals surface area contributed by atoms with Crippen molar-refractivity contribution in [2.45, 2.75) is 20.1 Å². The lowest BCUT2D eigenvalue weighted by Gasteiger charge is -2.15. The second kappa shape index (κ2) is 7.99. The maximum atomic E-state index is 13.0. The third kappa shape index (κ3) is 4.59. The summed E-state index contributed by atoms with van der Waals surface area (Å²) in [5.74, 6) is -1.48. The Balaban J connectivity index is 2.89. The highest BCUT2D eigenvalue weighted by molar-refractivity contribution is 6.31. The van der Waals surface area contributed by atoms with Crippen LogP contribution in [0.15, 0.2) is 30.0 Å². The number of aliphatic hydroxyl groups excluding tert-OH is 1. The zero-order chi connectivity index (χ0) is 15.1. The van der Waals surface area contributed by atoms with Crippen LogP contribution in [0.25, 0.3) is 0 Å². The number of ether oxygens (including phenoxy) is 2. The number of carbonyl (C=O) groups is 1. The Morgan fingerprint density at radius 3 is 2.50 bits per heavy atom. The van der Waals surface area contributed by atoms with E-state index in [9.17, 15) is 14.3 Å². The Labute approximate surface area is 121 Å². The Morgan fingerprint density at radius 1 is 1.40 bits per heavy atom. The van der Waals surface area contributed by atoms with Gasteiger partial charge in [-0.05, 0) is 32.0 Å². The van der Waals surface area contributed by atoms with E-state index < -0.39 is 17.9 Å². The minimum Gasteiger partial charge on any atom is -0.507 e. The molecule has 0 fully saturated rings. The molecule has 6 heteroatoms. The van der Waals surface area contributed by atoms with Crippen molar-refractivity contribution in [3.63, 3.8) is 0 Å². The van der Waals surface area contributed by atoms with Gasteiger partial charge in [-0.2, -0.15) is 0 Å². The third-order valence-electron chi connectivity index (χ3n) is 2.36. The quantitative estimate of drug-likeness (QED) is 0.362. The standard InChI is InChI=1S/C14H16ClFO4/c1-3-19-14(20-4-2)13(18)8-12(17)9-5-6-11(16)10(15)7-9/h5-8,14,18H,3-4H2,1-2H3/b13-8+. The molecule has 0 aromatic heterocycles. The fourth-order valence-electron chi connectivity index (χ4n) is 1.46. The van der Waals surface area contributed by atoms with Crippen molar-refractivity contribution in [3.05, 3.63) is 46.4 Å². The summed E-state index contributed by atoms with van der Waals surface area (Å²) in [6.45, 7) is 4.11. The van der Waals surface area contributed by atoms with Gasteiger partial charge in [-0.25, -0.2) is 4.39 Å². The molecule has 1 aromatic carbocycles. The van der Waals surface area contributed by atoms with E-state index >= 15 is 0 Å². The van der Waals surface area contributed by atoms with Crippen molar-refractivity contribution < 1.29 is 23.8 Å². The van der Waals surface area contributed by atoms with Crippen molar-refractivity contribution in [1.82, 2.24) is 0 Å². The fraction of sp³-hybridized carbons (Fsp3) is 0.357. The molecular formula is C14H16ClFO4. The molecule has 0 aliphatic heterocycles. The molecule has 4 nitrogen and oxygen atoms in total. The first kappa shape index (κ1) is 16.6. The molecule has 0 spiro atoms. The number of halogens is 2. The average molecular weight is 303 g/mol. The summed E-state index contributed by atoms with van der Waals surface area (Å²) in [4.78, 5) is 11.9. The number of aliphatic hydroxyl groups is 1. The molecule has 0 bridgehead atoms. The van der Waals surface area contributed by atoms with Crippen molar-refractivity contribution in [1.29, 1.82) is 0 Å². The van der Waals surface area contributed by atoms with Gasteiger partial charge in [0.2, 0.25) is 6.29 Å². The first-order valence-electron chi connectivity index (χ1n) is 6.12. The Morgan fingerprint density at radius 2 is 2.00 bits per heavy atom. The van der Waals surface area contributed by atoms with Crippen molar-refractivity contribution in [3.8, 4) is 0 Å². The number of rotatable bonds is 7. The number of ketones is 1. The molecule has 0 aliphatic rings. The molecule has 0 radical (unpaired) electrons. The first-order chi connectivity index (χ1) is 9.49. The van der Waals surface area contributed by atoms with Crippen LogP contribution in [0.2, 0.25) is 5.02 Å². The molecule has 1 rings (SSSR count). The van der Waals surface area contributed by atoms with E-state index in [0.717, 1.165) is 12.1 Å². The second-order valence-electron chi connectivity index (χ2n) is 3.80. The van der Waals surface area contributed by atoms with E-state index in [-0.39, 0.29) is 16.3 Å². The van der Waals surface area contributed by atoms with E-state index in [4.69, 9.17) is 21.1 Å². The second-order valence-corrected chi connectivity index (χ2v) is 4.21. The first-order valence-corrected chi connectivity index (χ1v) is 6.50. The molecule has 0 heterocycles. The third-order valence-corrected chi connectivity index (χ3v) is 2.65. The van der Waals surface area contributed by atoms with Crippen LogP contribution in [0.1, 0.15) is 24.2 Å². The number of hydrogen-bond donors (Lipinski definition) is 1. The van der Waals surface area contributed by atoms with Crippen molar-refractivity contribution in [2.75, 3.05) is 13.2 Å². The van der Waals surface area contributed by atoms with Gasteiger partial charge >= 0.3 is 0 Å². The van der Waals surface area contributed by atoms with Gasteiger partial charge in [-0.15, -0.1) is 0 Å². The molecule has 0 aliphatic carbocycles. The van der Waals surface area contributed by atoms with Crippen LogP contribution >= 0.6 is 11.6 Å². The number of hydrogen-bond acceptors (Lipinski definition) is 4. The van der Waals surface area contributed by atoms with Crippen LogP contribution in [0.5, 0.6) is 0 Å². The smallest absolute Gasteiger partial charge is 0.216 e. The molecule has 0 atom stereocenters. The average Bonchev–Trinajstić information content (AvgIpc) is 2.41. The van der Waals surface area contributed by atoms with Crippen LogP contribution in [-0.2, 0) is 9.47 Å². The zero-order valence-electron chi connectivity index (χ0n) is 11.2. The highest BCUT2D eigenvalue weighted by Crippen LogP contribution is 2.17. The lowest BCUT2D eigenvalue weighted by atomic mass is 10.1. The maximum absolute atomic E-state index is 13.0. The van der Waals surface area contributed by atoms with Gasteiger partial charge in [0.25, 0.3) is 0 Å². The number of allylic oxidation sites excluding steroid dienone is 1. The summed E-state index contributed by atoms with van der Waals surface area (Å²) < 4.78 is 23.3. The molecule has 0 saturated carbocycles. The summed E-state index contributed by atoms with van der Waals surface area (Å²) >= 11 is 5.60. The van der Waals surface area contributed by atoms with Gasteiger partial charge < -0.3 is 14.6 Å². The van der Waals surface area contributed by atoms with Crippen LogP contribution in [-0.4, -0.2) is 30.4 Å². The van der Waals surface area contributed by atoms with E-state index in [1.54, 1.807) is 13.8 Å². The van der Waals surface area contributed by atoms with Gasteiger partial charge in [0.05, 0.1) is 5.02 Å². The van der Waals surface area contributed by atoms with E-state index in [2.05, 4.69) is 0 Å². The fourth-order valence-corrected chi connectivity index (χ4v) is 1.64. The zero-order valence-corrected chi connectivity index (χ0v) is 12.0.